The number of amides is 1. The third kappa shape index (κ3) is 6.79. The first kappa shape index (κ1) is 27.2. The van der Waals surface area contributed by atoms with Gasteiger partial charge in [0.1, 0.15) is 17.7 Å². The molecule has 8 nitrogen and oxygen atoms in total. The summed E-state index contributed by atoms with van der Waals surface area (Å²) in [6, 6.07) is 12.6. The Morgan fingerprint density at radius 2 is 1.85 bits per heavy atom. The molecule has 10 heteroatoms. The predicted octanol–water partition coefficient (Wildman–Crippen LogP) is 5.20. The number of nitroso groups, excluding NO2 is 1. The third-order valence-electron chi connectivity index (χ3n) is 7.08. The molecule has 2 aromatic carbocycles. The van der Waals surface area contributed by atoms with E-state index in [9.17, 15) is 19.2 Å². The van der Waals surface area contributed by atoms with Gasteiger partial charge in [-0.15, -0.1) is 4.91 Å². The molecule has 3 unspecified atom stereocenters. The number of carbonyl (C=O) groups is 1. The number of pyridine rings is 1. The second-order valence-electron chi connectivity index (χ2n) is 10.1. The van der Waals surface area contributed by atoms with Gasteiger partial charge >= 0.3 is 0 Å². The number of likely N-dealkylation sites (tertiary alicyclic amines) is 1. The van der Waals surface area contributed by atoms with Gasteiger partial charge in [-0.1, -0.05) is 47.1 Å². The monoisotopic (exact) mass is 552 g/mol. The number of halogens is 2. The van der Waals surface area contributed by atoms with Crippen molar-refractivity contribution in [3.05, 3.63) is 87.7 Å². The van der Waals surface area contributed by atoms with E-state index in [4.69, 9.17) is 16.3 Å². The smallest absolute Gasteiger partial charge is 0.253 e. The lowest BCUT2D eigenvalue weighted by Crippen LogP contribution is -2.47. The van der Waals surface area contributed by atoms with Crippen molar-refractivity contribution in [3.63, 3.8) is 0 Å². The van der Waals surface area contributed by atoms with Gasteiger partial charge in [0.15, 0.2) is 6.04 Å². The number of nitrogens with one attached hydrogen (secondary N) is 1. The summed E-state index contributed by atoms with van der Waals surface area (Å²) in [6.07, 6.45) is 4.34. The van der Waals surface area contributed by atoms with Crippen molar-refractivity contribution in [3.8, 4) is 17.0 Å². The van der Waals surface area contributed by atoms with Gasteiger partial charge in [-0.05, 0) is 74.2 Å². The van der Waals surface area contributed by atoms with Crippen LogP contribution in [0, 0.1) is 10.7 Å². The quantitative estimate of drug-likeness (QED) is 0.317. The van der Waals surface area contributed by atoms with E-state index in [0.29, 0.717) is 39.7 Å². The molecule has 1 aromatic heterocycles. The Bertz CT molecular complexity index is 1300. The average molecular weight is 553 g/mol. The number of aromatic nitrogens is 1. The van der Waals surface area contributed by atoms with Crippen LogP contribution in [0.2, 0.25) is 5.02 Å². The highest BCUT2D eigenvalue weighted by Gasteiger charge is 2.31. The highest BCUT2D eigenvalue weighted by Crippen LogP contribution is 2.34. The fourth-order valence-electron chi connectivity index (χ4n) is 4.77. The Labute approximate surface area is 231 Å². The molecule has 5 rings (SSSR count). The SMILES string of the molecule is O=NC(C(=O)NC(CN1CCCC1)C(O)c1ccc(OC2CC2)c(Cl)c1)c1ccc(-c2ccc(F)cn2)cc1. The van der Waals surface area contributed by atoms with Crippen LogP contribution in [0.5, 0.6) is 5.75 Å². The van der Waals surface area contributed by atoms with Crippen LogP contribution < -0.4 is 10.1 Å². The number of ether oxygens (including phenoxy) is 1. The van der Waals surface area contributed by atoms with E-state index in [-0.39, 0.29) is 6.10 Å². The van der Waals surface area contributed by atoms with Gasteiger partial charge in [-0.25, -0.2) is 4.39 Å². The van der Waals surface area contributed by atoms with Gasteiger partial charge in [0.2, 0.25) is 0 Å². The topological polar surface area (TPSA) is 104 Å². The summed E-state index contributed by atoms with van der Waals surface area (Å²) in [6.45, 7) is 2.14. The molecule has 0 radical (unpaired) electrons. The Kier molecular flexibility index (Phi) is 8.50. The molecule has 2 N–H and O–H groups in total. The van der Waals surface area contributed by atoms with Crippen LogP contribution in [-0.4, -0.2) is 52.7 Å². The number of rotatable bonds is 11. The minimum absolute atomic E-state index is 0.189. The predicted molar refractivity (Wildman–Crippen MR) is 146 cm³/mol. The summed E-state index contributed by atoms with van der Waals surface area (Å²) < 4.78 is 19.0. The van der Waals surface area contributed by atoms with Crippen LogP contribution in [-0.2, 0) is 4.79 Å². The fraction of sp³-hybridized carbons (Fsp3) is 0.379. The summed E-state index contributed by atoms with van der Waals surface area (Å²) in [5.41, 5.74) is 2.20. The minimum Gasteiger partial charge on any atom is -0.489 e. The number of benzene rings is 2. The zero-order valence-electron chi connectivity index (χ0n) is 21.3. The molecule has 2 heterocycles. The average Bonchev–Trinajstić information content (AvgIpc) is 3.62. The Hall–Kier alpha value is -3.40. The van der Waals surface area contributed by atoms with Gasteiger partial charge in [-0.3, -0.25) is 9.78 Å². The van der Waals surface area contributed by atoms with Crippen LogP contribution in [0.3, 0.4) is 0 Å². The molecule has 3 atom stereocenters. The molecule has 1 saturated heterocycles. The first-order valence-electron chi connectivity index (χ1n) is 13.1. The van der Waals surface area contributed by atoms with Gasteiger partial charge < -0.3 is 20.1 Å². The number of nitrogens with zero attached hydrogens (tertiary/aromatic N) is 3. The van der Waals surface area contributed by atoms with E-state index in [1.54, 1.807) is 48.5 Å². The summed E-state index contributed by atoms with van der Waals surface area (Å²) in [4.78, 5) is 31.3. The first-order valence-corrected chi connectivity index (χ1v) is 13.5. The molecule has 2 aliphatic rings. The Balaban J connectivity index is 1.32. The minimum atomic E-state index is -1.31. The largest absolute Gasteiger partial charge is 0.489 e. The lowest BCUT2D eigenvalue weighted by Gasteiger charge is -2.29. The number of carbonyl (C=O) groups excluding carboxylic acids is 1. The van der Waals surface area contributed by atoms with Crippen LogP contribution in [0.25, 0.3) is 11.3 Å². The van der Waals surface area contributed by atoms with E-state index in [1.165, 1.54) is 6.07 Å². The number of hydrogen-bond donors (Lipinski definition) is 2. The van der Waals surface area contributed by atoms with Gasteiger partial charge in [0.25, 0.3) is 5.91 Å². The lowest BCUT2D eigenvalue weighted by atomic mass is 9.99. The summed E-state index contributed by atoms with van der Waals surface area (Å²) >= 11 is 6.43. The maximum Gasteiger partial charge on any atom is 0.253 e. The third-order valence-corrected chi connectivity index (χ3v) is 7.38. The Morgan fingerprint density at radius 1 is 1.13 bits per heavy atom. The maximum absolute atomic E-state index is 13.3. The van der Waals surface area contributed by atoms with Crippen LogP contribution >= 0.6 is 11.6 Å². The van der Waals surface area contributed by atoms with E-state index in [0.717, 1.165) is 45.0 Å². The maximum atomic E-state index is 13.3. The van der Waals surface area contributed by atoms with Crippen LogP contribution in [0.4, 0.5) is 4.39 Å². The molecule has 2 fully saturated rings. The van der Waals surface area contributed by atoms with Gasteiger partial charge in [-0.2, -0.15) is 0 Å². The summed E-state index contributed by atoms with van der Waals surface area (Å²) in [7, 11) is 0. The summed E-state index contributed by atoms with van der Waals surface area (Å²) in [5.74, 6) is -0.479. The van der Waals surface area contributed by atoms with Crippen molar-refractivity contribution in [2.24, 2.45) is 5.18 Å². The van der Waals surface area contributed by atoms with Crippen molar-refractivity contribution in [2.75, 3.05) is 19.6 Å². The van der Waals surface area contributed by atoms with E-state index in [1.807, 2.05) is 0 Å². The molecule has 1 aliphatic heterocycles. The van der Waals surface area contributed by atoms with Crippen molar-refractivity contribution in [2.45, 2.75) is 50.0 Å². The summed E-state index contributed by atoms with van der Waals surface area (Å²) in [5, 5.41) is 17.7. The second kappa shape index (κ2) is 12.2. The van der Waals surface area contributed by atoms with Crippen LogP contribution in [0.15, 0.2) is 66.0 Å². The molecule has 39 heavy (non-hydrogen) atoms. The first-order chi connectivity index (χ1) is 18.9. The standard InChI is InChI=1S/C29H30ClFN4O4/c30-23-15-20(7-12-26(23)39-22-9-10-22)28(36)25(17-35-13-1-2-14-35)33-29(37)27(34-38)19-5-3-18(4-6-19)24-11-8-21(31)16-32-24/h3-8,11-12,15-16,22,25,27-28,36H,1-2,9-10,13-14,17H2,(H,33,37). The number of aliphatic hydroxyl groups excluding tert-OH is 1. The highest BCUT2D eigenvalue weighted by molar-refractivity contribution is 6.32. The van der Waals surface area contributed by atoms with Crippen molar-refractivity contribution >= 4 is 17.5 Å². The van der Waals surface area contributed by atoms with Gasteiger partial charge in [0.05, 0.1) is 29.1 Å². The van der Waals surface area contributed by atoms with E-state index >= 15 is 0 Å². The van der Waals surface area contributed by atoms with E-state index in [2.05, 4.69) is 20.4 Å². The molecule has 1 aliphatic carbocycles. The number of hydrogen-bond acceptors (Lipinski definition) is 7. The molecular formula is C29H30ClFN4O4. The molecule has 204 valence electrons. The molecule has 1 amide bonds. The number of aliphatic hydroxyl groups is 1. The van der Waals surface area contributed by atoms with Crippen molar-refractivity contribution < 1.29 is 19.0 Å². The molecule has 0 bridgehead atoms. The lowest BCUT2D eigenvalue weighted by molar-refractivity contribution is -0.124. The molecule has 3 aromatic rings. The zero-order chi connectivity index (χ0) is 27.4. The highest BCUT2D eigenvalue weighted by atomic mass is 35.5. The normalized spacial score (nSPS) is 17.8. The van der Waals surface area contributed by atoms with E-state index < -0.39 is 29.9 Å². The zero-order valence-corrected chi connectivity index (χ0v) is 22.1. The molecule has 1 saturated carbocycles. The Morgan fingerprint density at radius 3 is 2.46 bits per heavy atom. The second-order valence-corrected chi connectivity index (χ2v) is 10.5. The van der Waals surface area contributed by atoms with Crippen molar-refractivity contribution in [1.82, 2.24) is 15.2 Å². The fourth-order valence-corrected chi connectivity index (χ4v) is 5.00. The molecule has 0 spiro atoms. The van der Waals surface area contributed by atoms with Crippen molar-refractivity contribution in [1.29, 1.82) is 0 Å². The van der Waals surface area contributed by atoms with Gasteiger partial charge in [0, 0.05) is 12.1 Å². The van der Waals surface area contributed by atoms with Crippen LogP contribution in [0.1, 0.15) is 49.0 Å². The molecular weight excluding hydrogens is 523 g/mol.